The number of thioether (sulfide) groups is 1. The van der Waals surface area contributed by atoms with E-state index in [1.165, 1.54) is 11.8 Å². The van der Waals surface area contributed by atoms with E-state index in [0.29, 0.717) is 16.2 Å². The Balaban J connectivity index is 2.34. The average Bonchev–Trinajstić information content (AvgIpc) is 2.96. The van der Waals surface area contributed by atoms with E-state index < -0.39 is 23.7 Å². The fraction of sp³-hybridized carbons (Fsp3) is 0.400. The smallest absolute Gasteiger partial charge is 0.267 e. The number of fused-ring (bicyclic) bond motifs is 3. The van der Waals surface area contributed by atoms with Gasteiger partial charge in [0.15, 0.2) is 5.65 Å². The molecule has 0 saturated heterocycles. The molecule has 0 unspecified atom stereocenters. The predicted molar refractivity (Wildman–Crippen MR) is 83.9 cm³/mol. The summed E-state index contributed by atoms with van der Waals surface area (Å²) in [5.41, 5.74) is -1.63. The van der Waals surface area contributed by atoms with Gasteiger partial charge in [0.25, 0.3) is 0 Å². The van der Waals surface area contributed by atoms with Gasteiger partial charge >= 0.3 is 12.4 Å². The van der Waals surface area contributed by atoms with Gasteiger partial charge in [0.1, 0.15) is 5.03 Å². The van der Waals surface area contributed by atoms with Crippen LogP contribution < -0.4 is 0 Å². The lowest BCUT2D eigenvalue weighted by Crippen LogP contribution is -2.12. The van der Waals surface area contributed by atoms with Crippen LogP contribution in [-0.2, 0) is 12.4 Å². The predicted octanol–water partition coefficient (Wildman–Crippen LogP) is 5.06. The second-order valence-corrected chi connectivity index (χ2v) is 7.01. The first kappa shape index (κ1) is 18.7. The molecule has 0 bridgehead atoms. The monoisotopic (exact) mass is 394 g/mol. The summed E-state index contributed by atoms with van der Waals surface area (Å²) < 4.78 is 79.4. The third-order valence-electron chi connectivity index (χ3n) is 3.43. The molecule has 0 atom stereocenters. The Morgan fingerprint density at radius 1 is 1.04 bits per heavy atom. The first-order valence-corrected chi connectivity index (χ1v) is 8.43. The number of hydrogen-bond donors (Lipinski definition) is 0. The van der Waals surface area contributed by atoms with Crippen LogP contribution in [0, 0.1) is 5.92 Å². The lowest BCUT2D eigenvalue weighted by Gasteiger charge is -2.12. The summed E-state index contributed by atoms with van der Waals surface area (Å²) in [7, 11) is 0. The summed E-state index contributed by atoms with van der Waals surface area (Å²) in [5, 5.41) is 6.87. The molecule has 1 aromatic carbocycles. The molecule has 4 nitrogen and oxygen atoms in total. The molecule has 0 aliphatic heterocycles. The number of alkyl halides is 6. The zero-order valence-electron chi connectivity index (χ0n) is 13.5. The van der Waals surface area contributed by atoms with Gasteiger partial charge in [0.05, 0.1) is 16.6 Å². The second kappa shape index (κ2) is 6.29. The molecule has 2 heterocycles. The molecule has 0 amide bonds. The van der Waals surface area contributed by atoms with Gasteiger partial charge in [0, 0.05) is 5.75 Å². The summed E-state index contributed by atoms with van der Waals surface area (Å²) in [5.74, 6) is -0.594. The Hall–Kier alpha value is -2.04. The Kier molecular flexibility index (Phi) is 4.53. The minimum Gasteiger partial charge on any atom is -0.267 e. The van der Waals surface area contributed by atoms with E-state index >= 15 is 0 Å². The molecule has 0 fully saturated rings. The van der Waals surface area contributed by atoms with Crippen molar-refractivity contribution in [1.82, 2.24) is 19.6 Å². The number of halogens is 6. The largest absolute Gasteiger partial charge is 0.452 e. The van der Waals surface area contributed by atoms with Crippen LogP contribution in [-0.4, -0.2) is 25.3 Å². The molecule has 11 heteroatoms. The Morgan fingerprint density at radius 3 is 2.31 bits per heavy atom. The number of aromatic nitrogens is 4. The van der Waals surface area contributed by atoms with Crippen LogP contribution in [0.25, 0.3) is 16.7 Å². The number of benzene rings is 1. The fourth-order valence-electron chi connectivity index (χ4n) is 2.31. The summed E-state index contributed by atoms with van der Waals surface area (Å²) in [6, 6.07) is 2.47. The van der Waals surface area contributed by atoms with Crippen LogP contribution >= 0.6 is 11.8 Å². The Bertz CT molecular complexity index is 961. The van der Waals surface area contributed by atoms with Crippen molar-refractivity contribution < 1.29 is 26.3 Å². The van der Waals surface area contributed by atoms with Crippen molar-refractivity contribution in [1.29, 1.82) is 0 Å². The van der Waals surface area contributed by atoms with Gasteiger partial charge in [-0.2, -0.15) is 26.3 Å². The SMILES string of the molecule is CC(C)CSc1nc2ccc(C(F)(F)F)cc2n2c(C(F)(F)F)nnc12. The number of nitrogens with zero attached hydrogens (tertiary/aromatic N) is 4. The van der Waals surface area contributed by atoms with Crippen molar-refractivity contribution in [2.45, 2.75) is 31.2 Å². The fourth-order valence-corrected chi connectivity index (χ4v) is 3.23. The molecule has 0 aliphatic rings. The van der Waals surface area contributed by atoms with Gasteiger partial charge in [0.2, 0.25) is 5.82 Å². The first-order valence-electron chi connectivity index (χ1n) is 7.44. The standard InChI is InChI=1S/C15H12F6N4S/c1-7(2)6-26-12-11-23-24-13(15(19,20)21)25(11)10-5-8(14(16,17)18)3-4-9(10)22-12/h3-5,7H,6H2,1-2H3. The molecule has 0 aliphatic carbocycles. The van der Waals surface area contributed by atoms with Crippen molar-refractivity contribution in [3.8, 4) is 0 Å². The molecule has 26 heavy (non-hydrogen) atoms. The third-order valence-corrected chi connectivity index (χ3v) is 4.81. The highest BCUT2D eigenvalue weighted by Gasteiger charge is 2.39. The quantitative estimate of drug-likeness (QED) is 0.460. The van der Waals surface area contributed by atoms with Crippen LogP contribution in [0.15, 0.2) is 23.2 Å². The molecular formula is C15H12F6N4S. The second-order valence-electron chi connectivity index (χ2n) is 6.00. The highest BCUT2D eigenvalue weighted by Crippen LogP contribution is 2.36. The lowest BCUT2D eigenvalue weighted by atomic mass is 10.2. The molecule has 0 spiro atoms. The van der Waals surface area contributed by atoms with Gasteiger partial charge in [-0.15, -0.1) is 22.0 Å². The third kappa shape index (κ3) is 3.44. The average molecular weight is 394 g/mol. The molecule has 0 radical (unpaired) electrons. The summed E-state index contributed by atoms with van der Waals surface area (Å²) in [4.78, 5) is 4.20. The highest BCUT2D eigenvalue weighted by atomic mass is 32.2. The maximum atomic E-state index is 13.3. The van der Waals surface area contributed by atoms with Crippen LogP contribution in [0.4, 0.5) is 26.3 Å². The van der Waals surface area contributed by atoms with Crippen LogP contribution in [0.5, 0.6) is 0 Å². The maximum absolute atomic E-state index is 13.3. The van der Waals surface area contributed by atoms with Gasteiger partial charge in [-0.05, 0) is 24.1 Å². The van der Waals surface area contributed by atoms with Crippen molar-refractivity contribution in [2.75, 3.05) is 5.75 Å². The van der Waals surface area contributed by atoms with Gasteiger partial charge in [-0.3, -0.25) is 4.40 Å². The summed E-state index contributed by atoms with van der Waals surface area (Å²) in [6.45, 7) is 3.84. The molecule has 3 aromatic rings. The first-order chi connectivity index (χ1) is 12.0. The zero-order chi connectivity index (χ0) is 19.3. The van der Waals surface area contributed by atoms with Crippen molar-refractivity contribution >= 4 is 28.4 Å². The van der Waals surface area contributed by atoms with E-state index in [-0.39, 0.29) is 27.6 Å². The van der Waals surface area contributed by atoms with E-state index in [9.17, 15) is 26.3 Å². The summed E-state index contributed by atoms with van der Waals surface area (Å²) in [6.07, 6.45) is -9.57. The van der Waals surface area contributed by atoms with E-state index in [2.05, 4.69) is 15.2 Å². The molecular weight excluding hydrogens is 382 g/mol. The minimum absolute atomic E-state index is 0.00190. The van der Waals surface area contributed by atoms with Crippen LogP contribution in [0.3, 0.4) is 0 Å². The van der Waals surface area contributed by atoms with Gasteiger partial charge in [-0.1, -0.05) is 13.8 Å². The van der Waals surface area contributed by atoms with Gasteiger partial charge in [-0.25, -0.2) is 4.98 Å². The van der Waals surface area contributed by atoms with E-state index in [4.69, 9.17) is 0 Å². The van der Waals surface area contributed by atoms with Crippen molar-refractivity contribution in [2.24, 2.45) is 5.92 Å². The normalized spacial score (nSPS) is 13.3. The van der Waals surface area contributed by atoms with E-state index in [1.807, 2.05) is 13.8 Å². The minimum atomic E-state index is -4.87. The van der Waals surface area contributed by atoms with Crippen molar-refractivity contribution in [3.05, 3.63) is 29.6 Å². The lowest BCUT2D eigenvalue weighted by molar-refractivity contribution is -0.145. The highest BCUT2D eigenvalue weighted by molar-refractivity contribution is 7.99. The zero-order valence-corrected chi connectivity index (χ0v) is 14.3. The van der Waals surface area contributed by atoms with E-state index in [1.54, 1.807) is 0 Å². The molecule has 2 aromatic heterocycles. The molecule has 0 saturated carbocycles. The molecule has 140 valence electrons. The summed E-state index contributed by atoms with van der Waals surface area (Å²) >= 11 is 1.18. The molecule has 0 N–H and O–H groups in total. The Labute approximate surface area is 147 Å². The van der Waals surface area contributed by atoms with Crippen LogP contribution in [0.2, 0.25) is 0 Å². The maximum Gasteiger partial charge on any atom is 0.452 e. The van der Waals surface area contributed by atoms with Crippen LogP contribution in [0.1, 0.15) is 25.2 Å². The Morgan fingerprint density at radius 2 is 1.73 bits per heavy atom. The number of rotatable bonds is 3. The molecule has 3 rings (SSSR count). The van der Waals surface area contributed by atoms with E-state index in [0.717, 1.165) is 12.1 Å². The van der Waals surface area contributed by atoms with Crippen molar-refractivity contribution in [3.63, 3.8) is 0 Å². The topological polar surface area (TPSA) is 43.1 Å². The van der Waals surface area contributed by atoms with Gasteiger partial charge < -0.3 is 0 Å². The number of hydrogen-bond acceptors (Lipinski definition) is 4.